The first-order valence-electron chi connectivity index (χ1n) is 5.64. The molecule has 5 nitrogen and oxygen atoms in total. The summed E-state index contributed by atoms with van der Waals surface area (Å²) < 4.78 is 9.80. The van der Waals surface area contributed by atoms with E-state index in [0.717, 1.165) is 6.42 Å². The van der Waals surface area contributed by atoms with Crippen molar-refractivity contribution < 1.29 is 14.3 Å². The van der Waals surface area contributed by atoms with Crippen LogP contribution in [0.3, 0.4) is 0 Å². The van der Waals surface area contributed by atoms with Gasteiger partial charge in [0, 0.05) is 26.2 Å². The van der Waals surface area contributed by atoms with Crippen LogP contribution in [-0.4, -0.2) is 56.9 Å². The van der Waals surface area contributed by atoms with Crippen LogP contribution >= 0.6 is 0 Å². The Morgan fingerprint density at radius 2 is 2.06 bits per heavy atom. The molecule has 0 aromatic heterocycles. The second kappa shape index (κ2) is 8.50. The minimum absolute atomic E-state index is 0.265. The van der Waals surface area contributed by atoms with Gasteiger partial charge in [0.2, 0.25) is 0 Å². The molecule has 0 fully saturated rings. The molecule has 0 bridgehead atoms. The lowest BCUT2D eigenvalue weighted by atomic mass is 10.1. The Labute approximate surface area is 97.9 Å². The summed E-state index contributed by atoms with van der Waals surface area (Å²) in [6.45, 7) is 5.68. The number of carbonyl (C=O) groups excluding carboxylic acids is 1. The normalized spacial score (nSPS) is 14.9. The van der Waals surface area contributed by atoms with Crippen molar-refractivity contribution in [2.24, 2.45) is 5.73 Å². The molecular formula is C11H24N2O3. The summed E-state index contributed by atoms with van der Waals surface area (Å²) in [5.41, 5.74) is 5.63. The summed E-state index contributed by atoms with van der Waals surface area (Å²) in [5.74, 6) is -0.279. The highest BCUT2D eigenvalue weighted by Gasteiger charge is 2.28. The molecule has 2 atom stereocenters. The van der Waals surface area contributed by atoms with Gasteiger partial charge in [-0.15, -0.1) is 0 Å². The molecular weight excluding hydrogens is 208 g/mol. The van der Waals surface area contributed by atoms with Gasteiger partial charge in [0.15, 0.2) is 0 Å². The lowest BCUT2D eigenvalue weighted by Gasteiger charge is -2.33. The molecule has 5 heteroatoms. The number of ether oxygens (including phenoxy) is 2. The highest BCUT2D eigenvalue weighted by Crippen LogP contribution is 2.09. The minimum Gasteiger partial charge on any atom is -0.468 e. The number of nitrogens with two attached hydrogens (primary N) is 1. The molecule has 0 aromatic rings. The molecule has 0 rings (SSSR count). The van der Waals surface area contributed by atoms with E-state index in [-0.39, 0.29) is 24.6 Å². The van der Waals surface area contributed by atoms with Gasteiger partial charge in [0.25, 0.3) is 0 Å². The van der Waals surface area contributed by atoms with E-state index in [1.807, 2.05) is 4.90 Å². The Morgan fingerprint density at radius 1 is 1.44 bits per heavy atom. The summed E-state index contributed by atoms with van der Waals surface area (Å²) in [6, 6.07) is -0.0992. The SMILES string of the molecule is CCC(C)N(CCOC)C(CN)C(=O)OC. The molecule has 0 saturated heterocycles. The Morgan fingerprint density at radius 3 is 2.44 bits per heavy atom. The van der Waals surface area contributed by atoms with Gasteiger partial charge in [0.1, 0.15) is 6.04 Å². The van der Waals surface area contributed by atoms with Gasteiger partial charge in [-0.1, -0.05) is 6.92 Å². The predicted molar refractivity (Wildman–Crippen MR) is 63.2 cm³/mol. The van der Waals surface area contributed by atoms with Crippen molar-refractivity contribution in [1.29, 1.82) is 0 Å². The molecule has 2 N–H and O–H groups in total. The van der Waals surface area contributed by atoms with Gasteiger partial charge in [-0.2, -0.15) is 0 Å². The summed E-state index contributed by atoms with van der Waals surface area (Å²) >= 11 is 0. The Hall–Kier alpha value is -0.650. The van der Waals surface area contributed by atoms with E-state index >= 15 is 0 Å². The number of nitrogens with zero attached hydrogens (tertiary/aromatic N) is 1. The maximum absolute atomic E-state index is 11.6. The van der Waals surface area contributed by atoms with Crippen LogP contribution in [0.4, 0.5) is 0 Å². The summed E-state index contributed by atoms with van der Waals surface area (Å²) in [6.07, 6.45) is 0.956. The van der Waals surface area contributed by atoms with Crippen molar-refractivity contribution in [2.45, 2.75) is 32.4 Å². The average Bonchev–Trinajstić information content (AvgIpc) is 2.32. The minimum atomic E-state index is -0.380. The quantitative estimate of drug-likeness (QED) is 0.607. The van der Waals surface area contributed by atoms with Crippen LogP contribution < -0.4 is 5.73 Å². The van der Waals surface area contributed by atoms with Gasteiger partial charge in [-0.25, -0.2) is 0 Å². The first kappa shape index (κ1) is 15.3. The predicted octanol–water partition coefficient (Wildman–Crippen LogP) is 0.234. The number of rotatable bonds is 8. The second-order valence-electron chi connectivity index (χ2n) is 3.76. The second-order valence-corrected chi connectivity index (χ2v) is 3.76. The molecule has 0 saturated carbocycles. The van der Waals surface area contributed by atoms with Gasteiger partial charge >= 0.3 is 5.97 Å². The van der Waals surface area contributed by atoms with Crippen LogP contribution in [0.5, 0.6) is 0 Å². The molecule has 0 aliphatic carbocycles. The largest absolute Gasteiger partial charge is 0.468 e. The summed E-state index contributed by atoms with van der Waals surface area (Å²) in [5, 5.41) is 0. The van der Waals surface area contributed by atoms with Gasteiger partial charge in [0.05, 0.1) is 13.7 Å². The molecule has 0 spiro atoms. The smallest absolute Gasteiger partial charge is 0.324 e. The van der Waals surface area contributed by atoms with Crippen molar-refractivity contribution in [3.63, 3.8) is 0 Å². The third-order valence-corrected chi connectivity index (χ3v) is 2.81. The molecule has 16 heavy (non-hydrogen) atoms. The van der Waals surface area contributed by atoms with Crippen molar-refractivity contribution in [3.05, 3.63) is 0 Å². The zero-order valence-electron chi connectivity index (χ0n) is 10.7. The van der Waals surface area contributed by atoms with E-state index in [2.05, 4.69) is 13.8 Å². The van der Waals surface area contributed by atoms with Crippen LogP contribution in [0, 0.1) is 0 Å². The summed E-state index contributed by atoms with van der Waals surface area (Å²) in [7, 11) is 3.03. The van der Waals surface area contributed by atoms with Crippen LogP contribution in [0.25, 0.3) is 0 Å². The van der Waals surface area contributed by atoms with E-state index in [1.165, 1.54) is 7.11 Å². The average molecular weight is 232 g/mol. The van der Waals surface area contributed by atoms with Crippen molar-refractivity contribution in [1.82, 2.24) is 4.90 Å². The van der Waals surface area contributed by atoms with Crippen molar-refractivity contribution in [2.75, 3.05) is 33.9 Å². The Bertz CT molecular complexity index is 200. The maximum atomic E-state index is 11.6. The fraction of sp³-hybridized carbons (Fsp3) is 0.909. The fourth-order valence-corrected chi connectivity index (χ4v) is 1.62. The van der Waals surface area contributed by atoms with Crippen molar-refractivity contribution in [3.8, 4) is 0 Å². The van der Waals surface area contributed by atoms with E-state index in [1.54, 1.807) is 7.11 Å². The molecule has 2 unspecified atom stereocenters. The number of methoxy groups -OCH3 is 2. The van der Waals surface area contributed by atoms with E-state index in [0.29, 0.717) is 13.2 Å². The van der Waals surface area contributed by atoms with Gasteiger partial charge < -0.3 is 15.2 Å². The first-order valence-corrected chi connectivity index (χ1v) is 5.64. The standard InChI is InChI=1S/C11H24N2O3/c1-5-9(2)13(6-7-15-3)10(8-12)11(14)16-4/h9-10H,5-8,12H2,1-4H3. The molecule has 0 amide bonds. The van der Waals surface area contributed by atoms with Crippen LogP contribution in [-0.2, 0) is 14.3 Å². The first-order chi connectivity index (χ1) is 7.62. The van der Waals surface area contributed by atoms with E-state index in [9.17, 15) is 4.79 Å². The fourth-order valence-electron chi connectivity index (χ4n) is 1.62. The molecule has 0 aliphatic rings. The zero-order valence-corrected chi connectivity index (χ0v) is 10.7. The monoisotopic (exact) mass is 232 g/mol. The molecule has 0 radical (unpaired) electrons. The van der Waals surface area contributed by atoms with Crippen LogP contribution in [0.1, 0.15) is 20.3 Å². The van der Waals surface area contributed by atoms with Gasteiger partial charge in [-0.05, 0) is 13.3 Å². The lowest BCUT2D eigenvalue weighted by molar-refractivity contribution is -0.147. The lowest BCUT2D eigenvalue weighted by Crippen LogP contribution is -2.51. The zero-order chi connectivity index (χ0) is 12.6. The summed E-state index contributed by atoms with van der Waals surface area (Å²) in [4.78, 5) is 13.6. The molecule has 0 aliphatic heterocycles. The van der Waals surface area contributed by atoms with E-state index < -0.39 is 0 Å². The third-order valence-electron chi connectivity index (χ3n) is 2.81. The molecule has 0 heterocycles. The number of hydrogen-bond donors (Lipinski definition) is 1. The number of hydrogen-bond acceptors (Lipinski definition) is 5. The van der Waals surface area contributed by atoms with Crippen LogP contribution in [0.2, 0.25) is 0 Å². The molecule has 96 valence electrons. The number of esters is 1. The van der Waals surface area contributed by atoms with E-state index in [4.69, 9.17) is 15.2 Å². The Balaban J connectivity index is 4.61. The third kappa shape index (κ3) is 4.47. The topological polar surface area (TPSA) is 64.8 Å². The highest BCUT2D eigenvalue weighted by atomic mass is 16.5. The highest BCUT2D eigenvalue weighted by molar-refractivity contribution is 5.76. The van der Waals surface area contributed by atoms with Crippen molar-refractivity contribution >= 4 is 5.97 Å². The molecule has 0 aromatic carbocycles. The maximum Gasteiger partial charge on any atom is 0.324 e. The van der Waals surface area contributed by atoms with Crippen LogP contribution in [0.15, 0.2) is 0 Å². The van der Waals surface area contributed by atoms with Gasteiger partial charge in [-0.3, -0.25) is 9.69 Å². The number of carbonyl (C=O) groups is 1. The Kier molecular flexibility index (Phi) is 8.15.